The van der Waals surface area contributed by atoms with Crippen LogP contribution in [-0.2, 0) is 27.1 Å². The van der Waals surface area contributed by atoms with E-state index in [-0.39, 0.29) is 13.0 Å². The molecule has 0 saturated carbocycles. The molecule has 2 heterocycles. The van der Waals surface area contributed by atoms with Gasteiger partial charge in [-0.2, -0.15) is 0 Å². The van der Waals surface area contributed by atoms with Gasteiger partial charge in [0.15, 0.2) is 0 Å². The average molecular weight is 671 g/mol. The standard InChI is InChI=1S/C35H42O13/c36-14-2-4-22-16-20(9-13-26-31(42)35(46)33(44)28(18-38)48-26)7-11-24(22)23-10-6-19(15-21(23)3-1-5-29(39)40)8-12-25-30(41)34(45)32(43)27(17-37)47-25/h6-7,10-11,15-16,25-28,30-38,41-46H,1-5,14,17-18H2,(H,39,40)/t25-,26-,27-,28-,30-,31-,32-,33-,34-,35-/m1/s1. The van der Waals surface area contributed by atoms with Crippen LogP contribution < -0.4 is 0 Å². The Labute approximate surface area is 277 Å². The summed E-state index contributed by atoms with van der Waals surface area (Å²) in [6.07, 6.45) is -12.1. The highest BCUT2D eigenvalue weighted by Gasteiger charge is 2.43. The summed E-state index contributed by atoms with van der Waals surface area (Å²) < 4.78 is 11.0. The van der Waals surface area contributed by atoms with Crippen LogP contribution in [0.1, 0.15) is 41.5 Å². The van der Waals surface area contributed by atoms with Gasteiger partial charge in [-0.1, -0.05) is 35.8 Å². The molecule has 10 N–H and O–H groups in total. The Balaban J connectivity index is 1.67. The highest BCUT2D eigenvalue weighted by molar-refractivity contribution is 5.73. The lowest BCUT2D eigenvalue weighted by Crippen LogP contribution is -2.58. The van der Waals surface area contributed by atoms with E-state index in [0.717, 1.165) is 22.3 Å². The number of carboxylic acid groups (broad SMARTS) is 1. The van der Waals surface area contributed by atoms with Crippen molar-refractivity contribution in [2.75, 3.05) is 19.8 Å². The quantitative estimate of drug-likeness (QED) is 0.124. The molecular weight excluding hydrogens is 628 g/mol. The fourth-order valence-corrected chi connectivity index (χ4v) is 5.73. The fourth-order valence-electron chi connectivity index (χ4n) is 5.73. The Morgan fingerprint density at radius 2 is 1.06 bits per heavy atom. The first-order valence-corrected chi connectivity index (χ1v) is 15.7. The van der Waals surface area contributed by atoms with Crippen molar-refractivity contribution in [3.63, 3.8) is 0 Å². The molecule has 2 aliphatic heterocycles. The van der Waals surface area contributed by atoms with E-state index in [4.69, 9.17) is 9.47 Å². The van der Waals surface area contributed by atoms with E-state index in [1.165, 1.54) is 0 Å². The molecule has 2 saturated heterocycles. The third kappa shape index (κ3) is 8.98. The zero-order chi connectivity index (χ0) is 35.0. The first kappa shape index (κ1) is 37.4. The van der Waals surface area contributed by atoms with Crippen molar-refractivity contribution < 1.29 is 65.3 Å². The summed E-state index contributed by atoms with van der Waals surface area (Å²) in [7, 11) is 0. The van der Waals surface area contributed by atoms with Crippen molar-refractivity contribution in [1.82, 2.24) is 0 Å². The van der Waals surface area contributed by atoms with Gasteiger partial charge in [0.1, 0.15) is 61.0 Å². The zero-order valence-electron chi connectivity index (χ0n) is 26.1. The van der Waals surface area contributed by atoms with Gasteiger partial charge in [0.25, 0.3) is 0 Å². The van der Waals surface area contributed by atoms with Crippen molar-refractivity contribution in [3.05, 3.63) is 58.7 Å². The van der Waals surface area contributed by atoms with Crippen LogP contribution in [0.2, 0.25) is 0 Å². The molecule has 0 aromatic heterocycles. The molecule has 0 spiro atoms. The van der Waals surface area contributed by atoms with Crippen LogP contribution in [0.15, 0.2) is 36.4 Å². The lowest BCUT2D eigenvalue weighted by atomic mass is 9.89. The number of carboxylic acids is 1. The molecule has 2 aromatic rings. The predicted molar refractivity (Wildman–Crippen MR) is 169 cm³/mol. The Bertz CT molecular complexity index is 1520. The molecule has 2 aromatic carbocycles. The second-order valence-electron chi connectivity index (χ2n) is 11.9. The van der Waals surface area contributed by atoms with Crippen LogP contribution >= 0.6 is 0 Å². The van der Waals surface area contributed by atoms with E-state index in [2.05, 4.69) is 23.7 Å². The van der Waals surface area contributed by atoms with Gasteiger partial charge < -0.3 is 60.5 Å². The van der Waals surface area contributed by atoms with Gasteiger partial charge in [0, 0.05) is 24.2 Å². The molecule has 0 amide bonds. The van der Waals surface area contributed by atoms with Gasteiger partial charge in [-0.3, -0.25) is 4.79 Å². The normalized spacial score (nSPS) is 30.1. The average Bonchev–Trinajstić information content (AvgIpc) is 3.08. The van der Waals surface area contributed by atoms with Crippen LogP contribution in [0.3, 0.4) is 0 Å². The maximum absolute atomic E-state index is 11.3. The number of hydrogen-bond donors (Lipinski definition) is 10. The monoisotopic (exact) mass is 670 g/mol. The lowest BCUT2D eigenvalue weighted by Gasteiger charge is -2.37. The largest absolute Gasteiger partial charge is 0.481 e. The van der Waals surface area contributed by atoms with Gasteiger partial charge >= 0.3 is 5.97 Å². The van der Waals surface area contributed by atoms with Gasteiger partial charge in [0.2, 0.25) is 0 Å². The number of ether oxygens (including phenoxy) is 2. The molecule has 13 nitrogen and oxygen atoms in total. The second-order valence-corrected chi connectivity index (χ2v) is 11.9. The molecule has 260 valence electrons. The van der Waals surface area contributed by atoms with Crippen molar-refractivity contribution in [3.8, 4) is 34.8 Å². The number of aryl methyl sites for hydroxylation is 2. The number of aliphatic carboxylic acids is 1. The summed E-state index contributed by atoms with van der Waals surface area (Å²) in [5.74, 6) is 10.4. The van der Waals surface area contributed by atoms with Crippen LogP contribution in [-0.4, -0.2) is 138 Å². The van der Waals surface area contributed by atoms with Crippen LogP contribution in [0.25, 0.3) is 11.1 Å². The number of carbonyl (C=O) groups is 1. The summed E-state index contributed by atoms with van der Waals surface area (Å²) in [6, 6.07) is 10.7. The fraction of sp³-hybridized carbons (Fsp3) is 0.514. The summed E-state index contributed by atoms with van der Waals surface area (Å²) in [5.41, 5.74) is 4.25. The number of rotatable bonds is 10. The SMILES string of the molecule is O=C(O)CCCc1cc(C#C[C@H]2O[C@H](CO)[C@@H](O)[C@H](O)[C@@H]2O)ccc1-c1ccc(C#C[C@H]2O[C@H](CO)[C@@H](O)[C@H](O)[C@@H]2O)cc1CCCO. The number of aliphatic hydroxyl groups is 9. The summed E-state index contributed by atoms with van der Waals surface area (Å²) in [5, 5.41) is 98.7. The molecule has 4 rings (SSSR count). The van der Waals surface area contributed by atoms with Gasteiger partial charge in [-0.05, 0) is 72.2 Å². The lowest BCUT2D eigenvalue weighted by molar-refractivity contribution is -0.214. The van der Waals surface area contributed by atoms with E-state index >= 15 is 0 Å². The molecule has 0 unspecified atom stereocenters. The highest BCUT2D eigenvalue weighted by Crippen LogP contribution is 2.31. The molecule has 2 fully saturated rings. The zero-order valence-corrected chi connectivity index (χ0v) is 26.1. The molecule has 10 atom stereocenters. The molecule has 48 heavy (non-hydrogen) atoms. The maximum Gasteiger partial charge on any atom is 0.303 e. The minimum absolute atomic E-state index is 0.0654. The predicted octanol–water partition coefficient (Wildman–Crippen LogP) is -1.93. The maximum atomic E-state index is 11.3. The van der Waals surface area contributed by atoms with Crippen molar-refractivity contribution >= 4 is 5.97 Å². The third-order valence-electron chi connectivity index (χ3n) is 8.44. The van der Waals surface area contributed by atoms with E-state index in [9.17, 15) is 55.9 Å². The highest BCUT2D eigenvalue weighted by atomic mass is 16.5. The molecule has 0 radical (unpaired) electrons. The number of aliphatic hydroxyl groups excluding tert-OH is 9. The first-order valence-electron chi connectivity index (χ1n) is 15.7. The topological polar surface area (TPSA) is 238 Å². The van der Waals surface area contributed by atoms with Crippen LogP contribution in [0.4, 0.5) is 0 Å². The van der Waals surface area contributed by atoms with Crippen LogP contribution in [0, 0.1) is 23.7 Å². The van der Waals surface area contributed by atoms with Crippen molar-refractivity contribution in [1.29, 1.82) is 0 Å². The first-order chi connectivity index (χ1) is 23.0. The summed E-state index contributed by atoms with van der Waals surface area (Å²) in [6.45, 7) is -1.23. The minimum Gasteiger partial charge on any atom is -0.481 e. The van der Waals surface area contributed by atoms with Crippen LogP contribution in [0.5, 0.6) is 0 Å². The van der Waals surface area contributed by atoms with E-state index < -0.39 is 80.2 Å². The molecule has 0 aliphatic carbocycles. The van der Waals surface area contributed by atoms with Crippen molar-refractivity contribution in [2.24, 2.45) is 0 Å². The van der Waals surface area contributed by atoms with Gasteiger partial charge in [-0.15, -0.1) is 0 Å². The van der Waals surface area contributed by atoms with E-state index in [1.54, 1.807) is 18.2 Å². The van der Waals surface area contributed by atoms with E-state index in [0.29, 0.717) is 36.8 Å². The number of hydrogen-bond acceptors (Lipinski definition) is 12. The Morgan fingerprint density at radius 3 is 1.46 bits per heavy atom. The van der Waals surface area contributed by atoms with Crippen molar-refractivity contribution in [2.45, 2.75) is 93.1 Å². The molecule has 0 bridgehead atoms. The van der Waals surface area contributed by atoms with E-state index in [1.807, 2.05) is 18.2 Å². The summed E-state index contributed by atoms with van der Waals surface area (Å²) in [4.78, 5) is 11.3. The third-order valence-corrected chi connectivity index (χ3v) is 8.44. The van der Waals surface area contributed by atoms with Gasteiger partial charge in [-0.25, -0.2) is 0 Å². The minimum atomic E-state index is -1.56. The molecule has 2 aliphatic rings. The molecular formula is C35H42O13. The Kier molecular flexibility index (Phi) is 13.5. The summed E-state index contributed by atoms with van der Waals surface area (Å²) >= 11 is 0. The second kappa shape index (κ2) is 17.3. The van der Waals surface area contributed by atoms with Gasteiger partial charge in [0.05, 0.1) is 13.2 Å². The number of benzene rings is 2. The molecule has 13 heteroatoms. The smallest absolute Gasteiger partial charge is 0.303 e. The Hall–Kier alpha value is -3.41. The Morgan fingerprint density at radius 1 is 0.625 bits per heavy atom.